The Hall–Kier alpha value is -2.20. The number of benzene rings is 2. The van der Waals surface area contributed by atoms with Crippen LogP contribution >= 0.6 is 0 Å². The summed E-state index contributed by atoms with van der Waals surface area (Å²) in [5.41, 5.74) is 0.326. The van der Waals surface area contributed by atoms with E-state index in [1.807, 2.05) is 36.4 Å². The molecule has 0 aliphatic rings. The Labute approximate surface area is 135 Å². The highest BCUT2D eigenvalue weighted by Crippen LogP contribution is 2.25. The maximum Gasteiger partial charge on any atom is 0.297 e. The van der Waals surface area contributed by atoms with Gasteiger partial charge in [0.15, 0.2) is 0 Å². The molecule has 0 aliphatic heterocycles. The monoisotopic (exact) mass is 331 g/mol. The molecule has 0 unspecified atom stereocenters. The second-order valence-electron chi connectivity index (χ2n) is 5.44. The molecule has 0 heterocycles. The third kappa shape index (κ3) is 3.96. The molecule has 5 nitrogen and oxygen atoms in total. The minimum atomic E-state index is -3.96. The normalized spacial score (nSPS) is 14.0. The van der Waals surface area contributed by atoms with Gasteiger partial charge in [0.05, 0.1) is 29.7 Å². The van der Waals surface area contributed by atoms with Gasteiger partial charge in [-0.2, -0.15) is 13.7 Å². The average Bonchev–Trinajstić information content (AvgIpc) is 2.60. The van der Waals surface area contributed by atoms with Gasteiger partial charge in [0.1, 0.15) is 0 Å². The number of hydrogen-bond acceptors (Lipinski definition) is 5. The van der Waals surface area contributed by atoms with Crippen molar-refractivity contribution in [2.45, 2.75) is 17.2 Å². The van der Waals surface area contributed by atoms with Gasteiger partial charge in [0, 0.05) is 5.41 Å². The van der Waals surface area contributed by atoms with E-state index in [4.69, 9.17) is 9.44 Å². The number of aliphatic hydroxyl groups is 1. The van der Waals surface area contributed by atoms with Gasteiger partial charge >= 0.3 is 0 Å². The molecular weight excluding hydrogens is 314 g/mol. The van der Waals surface area contributed by atoms with Crippen LogP contribution in [0.25, 0.3) is 0 Å². The lowest BCUT2D eigenvalue weighted by molar-refractivity contribution is 0.145. The molecule has 0 bridgehead atoms. The van der Waals surface area contributed by atoms with Crippen molar-refractivity contribution in [1.29, 1.82) is 5.26 Å². The fourth-order valence-electron chi connectivity index (χ4n) is 2.03. The first-order valence-electron chi connectivity index (χ1n) is 6.97. The summed E-state index contributed by atoms with van der Waals surface area (Å²) in [5, 5.41) is 18.4. The molecule has 1 N–H and O–H groups in total. The first-order chi connectivity index (χ1) is 10.9. The summed E-state index contributed by atoms with van der Waals surface area (Å²) in [6, 6.07) is 16.5. The smallest absolute Gasteiger partial charge is 0.297 e. The lowest BCUT2D eigenvalue weighted by Crippen LogP contribution is -2.33. The second kappa shape index (κ2) is 6.92. The number of nitrogens with zero attached hydrogens (tertiary/aromatic N) is 1. The van der Waals surface area contributed by atoms with Crippen LogP contribution in [0.5, 0.6) is 0 Å². The highest BCUT2D eigenvalue weighted by molar-refractivity contribution is 7.86. The van der Waals surface area contributed by atoms with Crippen LogP contribution in [0, 0.1) is 11.3 Å². The zero-order valence-electron chi connectivity index (χ0n) is 12.6. The van der Waals surface area contributed by atoms with Crippen molar-refractivity contribution < 1.29 is 17.7 Å². The minimum Gasteiger partial charge on any atom is -0.395 e. The largest absolute Gasteiger partial charge is 0.395 e. The third-order valence-corrected chi connectivity index (χ3v) is 4.90. The summed E-state index contributed by atoms with van der Waals surface area (Å²) in [4.78, 5) is -0.0233. The standard InChI is InChI=1S/C17H17NO4S/c1-17(12-19,15-5-3-2-4-6-15)13-22-23(20,21)16-9-7-14(11-18)8-10-16/h2-10,19H,12-13H2,1H3/t17-/m1/s1. The van der Waals surface area contributed by atoms with Crippen LogP contribution < -0.4 is 0 Å². The highest BCUT2D eigenvalue weighted by Gasteiger charge is 2.29. The van der Waals surface area contributed by atoms with Crippen LogP contribution in [0.3, 0.4) is 0 Å². The number of nitriles is 1. The molecule has 2 aromatic carbocycles. The fraction of sp³-hybridized carbons (Fsp3) is 0.235. The summed E-state index contributed by atoms with van der Waals surface area (Å²) in [6.45, 7) is 1.30. The number of aliphatic hydroxyl groups excluding tert-OH is 1. The molecular formula is C17H17NO4S. The predicted octanol–water partition coefficient (Wildman–Crippen LogP) is 2.21. The number of hydrogen-bond donors (Lipinski definition) is 1. The van der Waals surface area contributed by atoms with Gasteiger partial charge in [-0.3, -0.25) is 4.18 Å². The Morgan fingerprint density at radius 1 is 1.13 bits per heavy atom. The highest BCUT2D eigenvalue weighted by atomic mass is 32.2. The summed E-state index contributed by atoms with van der Waals surface area (Å²) in [5.74, 6) is 0. The topological polar surface area (TPSA) is 87.4 Å². The molecule has 0 aromatic heterocycles. The first-order valence-corrected chi connectivity index (χ1v) is 8.38. The van der Waals surface area contributed by atoms with Crippen LogP contribution in [-0.4, -0.2) is 26.7 Å². The Balaban J connectivity index is 2.18. The van der Waals surface area contributed by atoms with Crippen molar-refractivity contribution in [1.82, 2.24) is 0 Å². The lowest BCUT2D eigenvalue weighted by atomic mass is 9.84. The zero-order valence-corrected chi connectivity index (χ0v) is 13.5. The molecule has 0 saturated carbocycles. The van der Waals surface area contributed by atoms with Gasteiger partial charge in [-0.15, -0.1) is 0 Å². The quantitative estimate of drug-likeness (QED) is 0.820. The zero-order chi connectivity index (χ0) is 16.9. The first kappa shape index (κ1) is 17.2. The Bertz CT molecular complexity index is 795. The van der Waals surface area contributed by atoms with E-state index in [0.717, 1.165) is 5.56 Å². The van der Waals surface area contributed by atoms with E-state index in [9.17, 15) is 13.5 Å². The molecule has 2 rings (SSSR count). The van der Waals surface area contributed by atoms with Crippen molar-refractivity contribution in [2.24, 2.45) is 0 Å². The molecule has 6 heteroatoms. The maximum absolute atomic E-state index is 12.2. The van der Waals surface area contributed by atoms with E-state index >= 15 is 0 Å². The molecule has 2 aromatic rings. The van der Waals surface area contributed by atoms with E-state index < -0.39 is 15.5 Å². The Kier molecular flexibility index (Phi) is 5.16. The maximum atomic E-state index is 12.2. The molecule has 0 radical (unpaired) electrons. The van der Waals surface area contributed by atoms with Gasteiger partial charge < -0.3 is 5.11 Å². The molecule has 0 spiro atoms. The minimum absolute atomic E-state index is 0.0233. The van der Waals surface area contributed by atoms with E-state index in [-0.39, 0.29) is 18.1 Å². The second-order valence-corrected chi connectivity index (χ2v) is 7.05. The van der Waals surface area contributed by atoms with E-state index in [1.165, 1.54) is 24.3 Å². The molecule has 0 aliphatic carbocycles. The lowest BCUT2D eigenvalue weighted by Gasteiger charge is -2.27. The van der Waals surface area contributed by atoms with E-state index in [0.29, 0.717) is 5.56 Å². The molecule has 0 amide bonds. The van der Waals surface area contributed by atoms with E-state index in [1.54, 1.807) is 6.92 Å². The Morgan fingerprint density at radius 3 is 2.26 bits per heavy atom. The molecule has 1 atom stereocenters. The van der Waals surface area contributed by atoms with Crippen molar-refractivity contribution >= 4 is 10.1 Å². The van der Waals surface area contributed by atoms with Crippen LogP contribution in [0.2, 0.25) is 0 Å². The van der Waals surface area contributed by atoms with Crippen molar-refractivity contribution in [3.05, 3.63) is 65.7 Å². The van der Waals surface area contributed by atoms with E-state index in [2.05, 4.69) is 0 Å². The van der Waals surface area contributed by atoms with Gasteiger partial charge in [-0.25, -0.2) is 0 Å². The average molecular weight is 331 g/mol. The fourth-order valence-corrected chi connectivity index (χ4v) is 3.05. The SMILES string of the molecule is C[C@@](CO)(COS(=O)(=O)c1ccc(C#N)cc1)c1ccccc1. The summed E-state index contributed by atoms with van der Waals surface area (Å²) in [6.07, 6.45) is 0. The molecule has 23 heavy (non-hydrogen) atoms. The summed E-state index contributed by atoms with van der Waals surface area (Å²) < 4.78 is 29.6. The van der Waals surface area contributed by atoms with Crippen molar-refractivity contribution in [3.8, 4) is 6.07 Å². The number of rotatable bonds is 6. The van der Waals surface area contributed by atoms with Gasteiger partial charge in [0.25, 0.3) is 10.1 Å². The summed E-state index contributed by atoms with van der Waals surface area (Å²) >= 11 is 0. The van der Waals surface area contributed by atoms with Crippen molar-refractivity contribution in [2.75, 3.05) is 13.2 Å². The molecule has 0 fully saturated rings. The van der Waals surface area contributed by atoms with Crippen LogP contribution in [-0.2, 0) is 19.7 Å². The van der Waals surface area contributed by atoms with Crippen LogP contribution in [0.4, 0.5) is 0 Å². The van der Waals surface area contributed by atoms with Gasteiger partial charge in [0.2, 0.25) is 0 Å². The van der Waals surface area contributed by atoms with Gasteiger partial charge in [-0.1, -0.05) is 37.3 Å². The third-order valence-electron chi connectivity index (χ3n) is 3.62. The van der Waals surface area contributed by atoms with Gasteiger partial charge in [-0.05, 0) is 29.8 Å². The molecule has 0 saturated heterocycles. The Morgan fingerprint density at radius 2 is 1.74 bits per heavy atom. The predicted molar refractivity (Wildman–Crippen MR) is 85.2 cm³/mol. The van der Waals surface area contributed by atoms with Crippen LogP contribution in [0.15, 0.2) is 59.5 Å². The van der Waals surface area contributed by atoms with Crippen LogP contribution in [0.1, 0.15) is 18.1 Å². The van der Waals surface area contributed by atoms with Crippen molar-refractivity contribution in [3.63, 3.8) is 0 Å². The summed E-state index contributed by atoms with van der Waals surface area (Å²) in [7, 11) is -3.96. The molecule has 120 valence electrons.